The highest BCUT2D eigenvalue weighted by Crippen LogP contribution is 2.27. The van der Waals surface area contributed by atoms with Crippen LogP contribution in [0.2, 0.25) is 0 Å². The molecule has 0 aromatic heterocycles. The molecule has 0 saturated carbocycles. The van der Waals surface area contributed by atoms with E-state index in [0.717, 1.165) is 76.3 Å². The zero-order valence-corrected chi connectivity index (χ0v) is 17.5. The lowest BCUT2D eigenvalue weighted by atomic mass is 9.92. The Labute approximate surface area is 173 Å². The van der Waals surface area contributed by atoms with Crippen LogP contribution in [0, 0.1) is 5.92 Å². The summed E-state index contributed by atoms with van der Waals surface area (Å²) in [4.78, 5) is 32.0. The smallest absolute Gasteiger partial charge is 0.253 e. The van der Waals surface area contributed by atoms with Gasteiger partial charge in [0.1, 0.15) is 5.75 Å². The Morgan fingerprint density at radius 3 is 2.03 bits per heavy atom. The number of hydrogen-bond donors (Lipinski definition) is 0. The number of methoxy groups -OCH3 is 1. The predicted octanol–water partition coefficient (Wildman–Crippen LogP) is 2.63. The lowest BCUT2D eigenvalue weighted by Gasteiger charge is -2.42. The van der Waals surface area contributed by atoms with Crippen molar-refractivity contribution in [2.75, 3.05) is 46.4 Å². The van der Waals surface area contributed by atoms with Crippen molar-refractivity contribution in [3.05, 3.63) is 29.8 Å². The van der Waals surface area contributed by atoms with Crippen molar-refractivity contribution < 1.29 is 14.3 Å². The number of ether oxygens (including phenoxy) is 1. The summed E-state index contributed by atoms with van der Waals surface area (Å²) in [6.07, 6.45) is 6.34. The fourth-order valence-electron chi connectivity index (χ4n) is 5.06. The SMILES string of the molecule is COc1ccc(C(=O)N2CCC(N3CCC(C(=O)N4CCCC4)CC3)CC2)cc1. The van der Waals surface area contributed by atoms with Gasteiger partial charge in [-0.3, -0.25) is 9.59 Å². The molecule has 3 heterocycles. The average Bonchev–Trinajstić information content (AvgIpc) is 3.33. The molecule has 6 heteroatoms. The minimum absolute atomic E-state index is 0.112. The van der Waals surface area contributed by atoms with E-state index in [1.165, 1.54) is 12.8 Å². The number of carbonyl (C=O) groups excluding carboxylic acids is 2. The molecule has 2 amide bonds. The Bertz CT molecular complexity index is 699. The number of likely N-dealkylation sites (tertiary alicyclic amines) is 3. The van der Waals surface area contributed by atoms with Crippen molar-refractivity contribution >= 4 is 11.8 Å². The summed E-state index contributed by atoms with van der Waals surface area (Å²) in [5.74, 6) is 1.50. The summed E-state index contributed by atoms with van der Waals surface area (Å²) in [7, 11) is 1.63. The number of piperidine rings is 2. The number of rotatable bonds is 4. The zero-order valence-electron chi connectivity index (χ0n) is 17.5. The van der Waals surface area contributed by atoms with Gasteiger partial charge in [0.2, 0.25) is 5.91 Å². The maximum absolute atomic E-state index is 12.8. The van der Waals surface area contributed by atoms with E-state index < -0.39 is 0 Å². The van der Waals surface area contributed by atoms with Crippen LogP contribution in [0.5, 0.6) is 5.75 Å². The van der Waals surface area contributed by atoms with E-state index in [4.69, 9.17) is 4.74 Å². The third kappa shape index (κ3) is 4.58. The van der Waals surface area contributed by atoms with E-state index in [1.807, 2.05) is 29.2 Å². The highest BCUT2D eigenvalue weighted by molar-refractivity contribution is 5.94. The number of hydrogen-bond acceptors (Lipinski definition) is 4. The molecule has 0 unspecified atom stereocenters. The van der Waals surface area contributed by atoms with E-state index in [0.29, 0.717) is 11.9 Å². The lowest BCUT2D eigenvalue weighted by Crippen LogP contribution is -2.50. The van der Waals surface area contributed by atoms with Crippen molar-refractivity contribution in [3.63, 3.8) is 0 Å². The van der Waals surface area contributed by atoms with Crippen molar-refractivity contribution in [2.24, 2.45) is 5.92 Å². The molecule has 0 bridgehead atoms. The maximum atomic E-state index is 12.8. The fraction of sp³-hybridized carbons (Fsp3) is 0.652. The first-order chi connectivity index (χ1) is 14.2. The first-order valence-electron chi connectivity index (χ1n) is 11.1. The number of nitrogens with zero attached hydrogens (tertiary/aromatic N) is 3. The van der Waals surface area contributed by atoms with Gasteiger partial charge in [0.15, 0.2) is 0 Å². The standard InChI is InChI=1S/C23H33N3O3/c1-29-21-6-4-18(5-7-21)22(27)26-16-10-20(11-17-26)24-14-8-19(9-15-24)23(28)25-12-2-3-13-25/h4-7,19-20H,2-3,8-17H2,1H3. The van der Waals surface area contributed by atoms with E-state index in [1.54, 1.807) is 7.11 Å². The molecule has 3 aliphatic heterocycles. The second-order valence-electron chi connectivity index (χ2n) is 8.59. The highest BCUT2D eigenvalue weighted by atomic mass is 16.5. The van der Waals surface area contributed by atoms with Gasteiger partial charge in [-0.1, -0.05) is 0 Å². The van der Waals surface area contributed by atoms with Gasteiger partial charge < -0.3 is 19.4 Å². The molecule has 4 rings (SSSR count). The summed E-state index contributed by atoms with van der Waals surface area (Å²) in [6, 6.07) is 7.91. The van der Waals surface area contributed by atoms with Crippen LogP contribution >= 0.6 is 0 Å². The average molecular weight is 400 g/mol. The predicted molar refractivity (Wildman–Crippen MR) is 112 cm³/mol. The summed E-state index contributed by atoms with van der Waals surface area (Å²) < 4.78 is 5.17. The Morgan fingerprint density at radius 2 is 1.45 bits per heavy atom. The Kier molecular flexibility index (Phi) is 6.38. The van der Waals surface area contributed by atoms with Crippen LogP contribution in [0.3, 0.4) is 0 Å². The Hall–Kier alpha value is -2.08. The molecule has 0 N–H and O–H groups in total. The zero-order chi connectivity index (χ0) is 20.2. The molecule has 158 valence electrons. The highest BCUT2D eigenvalue weighted by Gasteiger charge is 2.33. The molecule has 0 atom stereocenters. The summed E-state index contributed by atoms with van der Waals surface area (Å²) >= 11 is 0. The lowest BCUT2D eigenvalue weighted by molar-refractivity contribution is -0.136. The molecule has 3 aliphatic rings. The monoisotopic (exact) mass is 399 g/mol. The minimum Gasteiger partial charge on any atom is -0.497 e. The van der Waals surface area contributed by atoms with Crippen molar-refractivity contribution in [2.45, 2.75) is 44.6 Å². The van der Waals surface area contributed by atoms with Crippen LogP contribution in [0.15, 0.2) is 24.3 Å². The molecule has 0 radical (unpaired) electrons. The number of amides is 2. The van der Waals surface area contributed by atoms with Crippen LogP contribution in [-0.2, 0) is 4.79 Å². The second-order valence-corrected chi connectivity index (χ2v) is 8.59. The molecule has 0 spiro atoms. The van der Waals surface area contributed by atoms with Gasteiger partial charge in [-0.2, -0.15) is 0 Å². The molecule has 0 aliphatic carbocycles. The molecule has 3 fully saturated rings. The van der Waals surface area contributed by atoms with E-state index in [-0.39, 0.29) is 11.8 Å². The molecule has 3 saturated heterocycles. The van der Waals surface area contributed by atoms with Gasteiger partial charge in [0.05, 0.1) is 7.11 Å². The van der Waals surface area contributed by atoms with E-state index in [9.17, 15) is 9.59 Å². The van der Waals surface area contributed by atoms with Gasteiger partial charge in [0.25, 0.3) is 5.91 Å². The maximum Gasteiger partial charge on any atom is 0.253 e. The van der Waals surface area contributed by atoms with Gasteiger partial charge in [-0.05, 0) is 75.9 Å². The molecule has 29 heavy (non-hydrogen) atoms. The summed E-state index contributed by atoms with van der Waals surface area (Å²) in [6.45, 7) is 5.56. The van der Waals surface area contributed by atoms with Gasteiger partial charge >= 0.3 is 0 Å². The normalized spacial score (nSPS) is 22.1. The quantitative estimate of drug-likeness (QED) is 0.781. The minimum atomic E-state index is 0.112. The third-order valence-corrected chi connectivity index (χ3v) is 6.90. The van der Waals surface area contributed by atoms with E-state index >= 15 is 0 Å². The van der Waals surface area contributed by atoms with Crippen LogP contribution in [0.25, 0.3) is 0 Å². The van der Waals surface area contributed by atoms with Gasteiger partial charge in [-0.15, -0.1) is 0 Å². The van der Waals surface area contributed by atoms with Crippen molar-refractivity contribution in [3.8, 4) is 5.75 Å². The van der Waals surface area contributed by atoms with E-state index in [2.05, 4.69) is 9.80 Å². The number of carbonyl (C=O) groups is 2. The van der Waals surface area contributed by atoms with Crippen LogP contribution in [0.1, 0.15) is 48.9 Å². The van der Waals surface area contributed by atoms with Crippen molar-refractivity contribution in [1.29, 1.82) is 0 Å². The fourth-order valence-corrected chi connectivity index (χ4v) is 5.06. The largest absolute Gasteiger partial charge is 0.497 e. The first-order valence-corrected chi connectivity index (χ1v) is 11.1. The Morgan fingerprint density at radius 1 is 0.828 bits per heavy atom. The molecular weight excluding hydrogens is 366 g/mol. The van der Waals surface area contributed by atoms with Gasteiger partial charge in [-0.25, -0.2) is 0 Å². The molecule has 1 aromatic carbocycles. The number of benzene rings is 1. The third-order valence-electron chi connectivity index (χ3n) is 6.90. The molecular formula is C23H33N3O3. The van der Waals surface area contributed by atoms with Gasteiger partial charge in [0, 0.05) is 43.7 Å². The molecule has 1 aromatic rings. The van der Waals surface area contributed by atoms with Crippen LogP contribution in [0.4, 0.5) is 0 Å². The summed E-state index contributed by atoms with van der Waals surface area (Å²) in [5, 5.41) is 0. The summed E-state index contributed by atoms with van der Waals surface area (Å²) in [5.41, 5.74) is 0.727. The topological polar surface area (TPSA) is 53.1 Å². The molecule has 6 nitrogen and oxygen atoms in total. The Balaban J connectivity index is 1.23. The van der Waals surface area contributed by atoms with Crippen LogP contribution in [-0.4, -0.2) is 78.9 Å². The van der Waals surface area contributed by atoms with Crippen molar-refractivity contribution in [1.82, 2.24) is 14.7 Å². The second kappa shape index (κ2) is 9.16. The first kappa shape index (κ1) is 20.2. The van der Waals surface area contributed by atoms with Crippen LogP contribution < -0.4 is 4.74 Å².